The number of rotatable bonds is 19. The van der Waals surface area contributed by atoms with E-state index in [1.54, 1.807) is 20.8 Å². The number of quaternary nitrogens is 4. The number of carboxylic acid groups (broad SMARTS) is 1. The van der Waals surface area contributed by atoms with Crippen molar-refractivity contribution < 1.29 is 39.8 Å². The van der Waals surface area contributed by atoms with Crippen molar-refractivity contribution in [2.45, 2.75) is 125 Å². The molecular weight excluding hydrogens is 520 g/mol. The molecule has 12 nitrogen and oxygen atoms in total. The Bertz CT molecular complexity index is 406. The second kappa shape index (κ2) is 50.9. The summed E-state index contributed by atoms with van der Waals surface area (Å²) < 4.78 is 11.0. The maximum absolute atomic E-state index is 10.5. The van der Waals surface area contributed by atoms with Crippen LogP contribution in [0.2, 0.25) is 0 Å². The van der Waals surface area contributed by atoms with Crippen LogP contribution in [-0.2, 0) is 14.3 Å². The molecular formula is C28H74N4O8. The van der Waals surface area contributed by atoms with Gasteiger partial charge < -0.3 is 64.4 Å². The van der Waals surface area contributed by atoms with Crippen LogP contribution < -0.4 is 45.0 Å². The Balaban J connectivity index is -0.000000115. The normalized spacial score (nSPS) is 10.8. The van der Waals surface area contributed by atoms with E-state index in [9.17, 15) is 15.0 Å². The molecule has 0 aliphatic carbocycles. The van der Waals surface area contributed by atoms with Gasteiger partial charge in [-0.05, 0) is 24.7 Å². The van der Waals surface area contributed by atoms with Crippen molar-refractivity contribution in [2.75, 3.05) is 39.6 Å². The molecule has 12 heteroatoms. The first kappa shape index (κ1) is 58.7. The second-order valence-corrected chi connectivity index (χ2v) is 9.43. The van der Waals surface area contributed by atoms with Crippen molar-refractivity contribution in [3.8, 4) is 0 Å². The van der Waals surface area contributed by atoms with E-state index in [2.05, 4.69) is 27.7 Å². The van der Waals surface area contributed by atoms with Crippen LogP contribution in [0, 0.1) is 11.8 Å². The highest BCUT2D eigenvalue weighted by molar-refractivity contribution is 5.65. The van der Waals surface area contributed by atoms with Gasteiger partial charge in [-0.15, -0.1) is 19.8 Å². The Hall–Kier alpha value is -0.930. The number of carboxylic acids is 1. The number of carbonyl (C=O) groups is 1. The fourth-order valence-corrected chi connectivity index (χ4v) is 3.03. The van der Waals surface area contributed by atoms with E-state index in [-0.39, 0.29) is 63.7 Å². The maximum Gasteiger partial charge on any atom is 0.0862 e. The lowest BCUT2D eigenvalue weighted by Crippen LogP contribution is -2.31. The molecule has 0 radical (unpaired) electrons. The fraction of sp³-hybridized carbons (Fsp3) is 0.964. The average Bonchev–Trinajstić information content (AvgIpc) is 2.77. The van der Waals surface area contributed by atoms with Crippen molar-refractivity contribution in [3.63, 3.8) is 0 Å². The minimum absolute atomic E-state index is 0. The molecule has 17 N–H and O–H groups in total. The molecule has 0 spiro atoms. The van der Waals surface area contributed by atoms with Crippen LogP contribution >= 0.6 is 0 Å². The summed E-state index contributed by atoms with van der Waals surface area (Å²) in [6.45, 7) is 13.7. The van der Waals surface area contributed by atoms with Crippen LogP contribution in [0.5, 0.6) is 0 Å². The fourth-order valence-electron chi connectivity index (χ4n) is 3.03. The summed E-state index contributed by atoms with van der Waals surface area (Å²) in [5.41, 5.74) is 0. The summed E-state index contributed by atoms with van der Waals surface area (Å²) in [5.74, 6) is 0.242. The van der Waals surface area contributed by atoms with E-state index in [0.29, 0.717) is 0 Å². The van der Waals surface area contributed by atoms with Crippen LogP contribution in [-0.4, -0.2) is 62.9 Å². The minimum Gasteiger partial charge on any atom is -0.855 e. The monoisotopic (exact) mass is 595 g/mol. The third-order valence-electron chi connectivity index (χ3n) is 4.67. The van der Waals surface area contributed by atoms with E-state index >= 15 is 0 Å². The average molecular weight is 595 g/mol. The van der Waals surface area contributed by atoms with E-state index in [1.807, 2.05) is 0 Å². The molecule has 0 aromatic carbocycles. The van der Waals surface area contributed by atoms with Gasteiger partial charge in [0, 0.05) is 0 Å². The van der Waals surface area contributed by atoms with Gasteiger partial charge in [-0.2, -0.15) is 0 Å². The van der Waals surface area contributed by atoms with E-state index in [1.165, 1.54) is 25.7 Å². The zero-order valence-electron chi connectivity index (χ0n) is 28.4. The van der Waals surface area contributed by atoms with Crippen LogP contribution in [0.4, 0.5) is 0 Å². The summed E-state index contributed by atoms with van der Waals surface area (Å²) in [6, 6.07) is 0. The molecule has 0 aliphatic rings. The molecule has 0 bridgehead atoms. The van der Waals surface area contributed by atoms with Crippen molar-refractivity contribution in [1.82, 2.24) is 24.6 Å². The number of aliphatic hydroxyl groups excluding tert-OH is 1. The largest absolute Gasteiger partial charge is 0.855 e. The lowest BCUT2D eigenvalue weighted by Gasteiger charge is -2.20. The van der Waals surface area contributed by atoms with E-state index in [0.717, 1.165) is 50.4 Å². The Kier molecular flexibility index (Phi) is 74.6. The summed E-state index contributed by atoms with van der Waals surface area (Å²) in [6.07, 6.45) is 10.1. The Morgan fingerprint density at radius 1 is 0.650 bits per heavy atom. The minimum atomic E-state index is -1.22. The molecule has 40 heavy (non-hydrogen) atoms. The number of hydrogen-bond acceptors (Lipinski definition) is 8. The van der Waals surface area contributed by atoms with Crippen molar-refractivity contribution in [3.05, 3.63) is 0 Å². The molecule has 254 valence electrons. The molecule has 2 atom stereocenters. The molecule has 2 unspecified atom stereocenters. The van der Waals surface area contributed by atoms with Crippen molar-refractivity contribution >= 4 is 5.97 Å². The molecule has 0 saturated carbocycles. The Labute approximate surface area is 247 Å². The Morgan fingerprint density at radius 2 is 1.00 bits per heavy atom. The molecule has 0 aromatic rings. The van der Waals surface area contributed by atoms with Gasteiger partial charge in [-0.3, -0.25) is 0 Å². The van der Waals surface area contributed by atoms with Gasteiger partial charge in [0.2, 0.25) is 0 Å². The number of hydrogen-bond donors (Lipinski definition) is 5. The quantitative estimate of drug-likeness (QED) is 0.138. The van der Waals surface area contributed by atoms with Crippen molar-refractivity contribution in [1.29, 1.82) is 0 Å². The van der Waals surface area contributed by atoms with E-state index in [4.69, 9.17) is 24.8 Å². The predicted octanol–water partition coefficient (Wildman–Crippen LogP) is 3.32. The van der Waals surface area contributed by atoms with Gasteiger partial charge in [0.1, 0.15) is 0 Å². The number of unbranched alkanes of at least 4 members (excludes halogenated alkanes) is 4. The van der Waals surface area contributed by atoms with Crippen molar-refractivity contribution in [2.24, 2.45) is 11.8 Å². The summed E-state index contributed by atoms with van der Waals surface area (Å²) >= 11 is 0. The van der Waals surface area contributed by atoms with Crippen LogP contribution in [0.25, 0.3) is 0 Å². The predicted molar refractivity (Wildman–Crippen MR) is 163 cm³/mol. The molecule has 0 aliphatic heterocycles. The third kappa shape index (κ3) is 71.0. The van der Waals surface area contributed by atoms with Gasteiger partial charge in [-0.1, -0.05) is 99.8 Å². The molecule has 0 saturated heterocycles. The number of aliphatic carboxylic acids is 1. The third-order valence-corrected chi connectivity index (χ3v) is 4.67. The molecule has 0 rings (SSSR count). The number of ether oxygens (including phenoxy) is 2. The second-order valence-electron chi connectivity index (χ2n) is 9.43. The number of carbonyl (C=O) groups excluding carboxylic acids is 1. The topological polar surface area (TPSA) is 294 Å². The highest BCUT2D eigenvalue weighted by Crippen LogP contribution is 2.14. The smallest absolute Gasteiger partial charge is 0.0862 e. The van der Waals surface area contributed by atoms with Gasteiger partial charge in [0.15, 0.2) is 0 Å². The van der Waals surface area contributed by atoms with Crippen LogP contribution in [0.1, 0.15) is 113 Å². The lowest BCUT2D eigenvalue weighted by atomic mass is 10.0. The number of aliphatic hydroxyl groups is 1. The van der Waals surface area contributed by atoms with Gasteiger partial charge in [0.25, 0.3) is 0 Å². The molecule has 0 aromatic heterocycles. The summed E-state index contributed by atoms with van der Waals surface area (Å²) in [4.78, 5) is 10.5. The first-order valence-corrected chi connectivity index (χ1v) is 13.9. The van der Waals surface area contributed by atoms with Crippen LogP contribution in [0.15, 0.2) is 0 Å². The zero-order valence-corrected chi connectivity index (χ0v) is 28.4. The molecule has 0 fully saturated rings. The summed E-state index contributed by atoms with van der Waals surface area (Å²) in [5, 5.41) is 47.4. The van der Waals surface area contributed by atoms with Gasteiger partial charge >= 0.3 is 0 Å². The van der Waals surface area contributed by atoms with Crippen LogP contribution in [0.3, 0.4) is 0 Å². The standard InChI is InChI=1S/C22H44O5.3C2H5O.4H3N/c1-18(2)11-7-5-9-13-20(23)15-27-21(16-26-17-22(24)25)14-10-6-8-12-19(3)4;3*1-2-3;;;;/h18-21,23H,5-17H2,1-4H3,(H,24,25);3*2H2,1H3;4*1H3/q;3*-1;;;;/p+3. The van der Waals surface area contributed by atoms with Gasteiger partial charge in [0.05, 0.1) is 38.0 Å². The van der Waals surface area contributed by atoms with Gasteiger partial charge in [-0.25, -0.2) is 0 Å². The maximum atomic E-state index is 10.5. The first-order chi connectivity index (χ1) is 17.1. The SMILES string of the molecule is CC(C)CCCCCC(O)COC(CCCCCC(C)C)COCC(=O)[O-].CC[O-].CC[O-].CC[O-].[NH4+].[NH4+].[NH4+].[NH4+]. The molecule has 0 heterocycles. The highest BCUT2D eigenvalue weighted by atomic mass is 16.5. The first-order valence-electron chi connectivity index (χ1n) is 13.9. The lowest BCUT2D eigenvalue weighted by molar-refractivity contribution is -0.362. The Morgan fingerprint density at radius 3 is 1.35 bits per heavy atom. The molecule has 0 amide bonds. The highest BCUT2D eigenvalue weighted by Gasteiger charge is 2.13. The van der Waals surface area contributed by atoms with E-state index < -0.39 is 18.7 Å². The zero-order chi connectivity index (χ0) is 28.6. The summed E-state index contributed by atoms with van der Waals surface area (Å²) in [7, 11) is 0.